The number of ketones is 1. The summed E-state index contributed by atoms with van der Waals surface area (Å²) >= 11 is 5.88. The molecule has 0 radical (unpaired) electrons. The van der Waals surface area contributed by atoms with E-state index in [9.17, 15) is 4.79 Å². The number of rotatable bonds is 1. The smallest absolute Gasteiger partial charge is 0.162 e. The van der Waals surface area contributed by atoms with Gasteiger partial charge in [0.25, 0.3) is 0 Å². The first-order chi connectivity index (χ1) is 6.18. The first-order valence-electron chi connectivity index (χ1n) is 3.69. The van der Waals surface area contributed by atoms with Crippen LogP contribution in [0.1, 0.15) is 17.3 Å². The van der Waals surface area contributed by atoms with Gasteiger partial charge >= 0.3 is 0 Å². The number of hydrogen-bond donors (Lipinski definition) is 0. The number of pyridine rings is 1. The van der Waals surface area contributed by atoms with Gasteiger partial charge in [-0.05, 0) is 19.1 Å². The van der Waals surface area contributed by atoms with Crippen LogP contribution in [0.4, 0.5) is 0 Å². The van der Waals surface area contributed by atoms with Gasteiger partial charge in [0.1, 0.15) is 11.5 Å². The minimum absolute atomic E-state index is 0.0348. The third-order valence-corrected chi connectivity index (χ3v) is 2.06. The molecule has 0 aliphatic heterocycles. The number of carbonyl (C=O) groups is 1. The SMILES string of the molecule is CC(=O)c1cc(Cl)n2cnnc2c1. The van der Waals surface area contributed by atoms with E-state index in [1.807, 2.05) is 0 Å². The molecule has 0 saturated heterocycles. The molecule has 2 rings (SSSR count). The summed E-state index contributed by atoms with van der Waals surface area (Å²) in [6.45, 7) is 1.48. The van der Waals surface area contributed by atoms with Gasteiger partial charge in [-0.25, -0.2) is 0 Å². The molecule has 0 atom stereocenters. The Bertz CT molecular complexity index is 477. The van der Waals surface area contributed by atoms with Crippen molar-refractivity contribution < 1.29 is 4.79 Å². The number of carbonyl (C=O) groups excluding carboxylic acids is 1. The van der Waals surface area contributed by atoms with Crippen LogP contribution in [0.15, 0.2) is 18.5 Å². The van der Waals surface area contributed by atoms with E-state index in [-0.39, 0.29) is 5.78 Å². The van der Waals surface area contributed by atoms with E-state index < -0.39 is 0 Å². The van der Waals surface area contributed by atoms with Crippen molar-refractivity contribution in [1.82, 2.24) is 14.6 Å². The maximum atomic E-state index is 11.0. The van der Waals surface area contributed by atoms with Crippen molar-refractivity contribution in [3.05, 3.63) is 29.2 Å². The van der Waals surface area contributed by atoms with E-state index in [1.54, 1.807) is 16.5 Å². The Morgan fingerprint density at radius 1 is 1.54 bits per heavy atom. The summed E-state index contributed by atoms with van der Waals surface area (Å²) in [5, 5.41) is 7.92. The van der Waals surface area contributed by atoms with Crippen LogP contribution in [-0.2, 0) is 0 Å². The van der Waals surface area contributed by atoms with E-state index in [1.165, 1.54) is 13.3 Å². The highest BCUT2D eigenvalue weighted by Crippen LogP contribution is 2.14. The van der Waals surface area contributed by atoms with Crippen molar-refractivity contribution in [2.45, 2.75) is 6.92 Å². The first kappa shape index (κ1) is 8.19. The summed E-state index contributed by atoms with van der Waals surface area (Å²) in [7, 11) is 0. The van der Waals surface area contributed by atoms with Crippen molar-refractivity contribution >= 4 is 23.0 Å². The van der Waals surface area contributed by atoms with Crippen molar-refractivity contribution in [2.24, 2.45) is 0 Å². The Hall–Kier alpha value is -1.42. The van der Waals surface area contributed by atoms with Crippen LogP contribution in [0.25, 0.3) is 5.65 Å². The quantitative estimate of drug-likeness (QED) is 0.513. The van der Waals surface area contributed by atoms with Crippen molar-refractivity contribution in [3.8, 4) is 0 Å². The van der Waals surface area contributed by atoms with Gasteiger partial charge in [0.05, 0.1) is 0 Å². The largest absolute Gasteiger partial charge is 0.295 e. The van der Waals surface area contributed by atoms with Crippen molar-refractivity contribution in [3.63, 3.8) is 0 Å². The molecule has 0 aromatic carbocycles. The second-order valence-electron chi connectivity index (χ2n) is 2.68. The highest BCUT2D eigenvalue weighted by molar-refractivity contribution is 6.30. The van der Waals surface area contributed by atoms with Crippen LogP contribution in [0.3, 0.4) is 0 Å². The minimum Gasteiger partial charge on any atom is -0.295 e. The van der Waals surface area contributed by atoms with E-state index in [4.69, 9.17) is 11.6 Å². The zero-order chi connectivity index (χ0) is 9.42. The molecular formula is C8H6ClN3O. The van der Waals surface area contributed by atoms with Crippen LogP contribution in [0, 0.1) is 0 Å². The topological polar surface area (TPSA) is 47.3 Å². The van der Waals surface area contributed by atoms with Gasteiger partial charge in [-0.1, -0.05) is 11.6 Å². The molecular weight excluding hydrogens is 190 g/mol. The maximum Gasteiger partial charge on any atom is 0.162 e. The first-order valence-corrected chi connectivity index (χ1v) is 4.06. The average Bonchev–Trinajstić information content (AvgIpc) is 2.51. The Labute approximate surface area is 79.2 Å². The molecule has 5 heteroatoms. The van der Waals surface area contributed by atoms with Gasteiger partial charge in [0, 0.05) is 5.56 Å². The highest BCUT2D eigenvalue weighted by atomic mass is 35.5. The summed E-state index contributed by atoms with van der Waals surface area (Å²) < 4.78 is 1.61. The summed E-state index contributed by atoms with van der Waals surface area (Å²) in [6.07, 6.45) is 1.50. The monoisotopic (exact) mass is 195 g/mol. The summed E-state index contributed by atoms with van der Waals surface area (Å²) in [5.74, 6) is -0.0348. The summed E-state index contributed by atoms with van der Waals surface area (Å²) in [4.78, 5) is 11.0. The lowest BCUT2D eigenvalue weighted by Crippen LogP contribution is -1.95. The maximum absolute atomic E-state index is 11.0. The lowest BCUT2D eigenvalue weighted by Gasteiger charge is -1.98. The van der Waals surface area contributed by atoms with Crippen LogP contribution in [-0.4, -0.2) is 20.4 Å². The Kier molecular flexibility index (Phi) is 1.77. The van der Waals surface area contributed by atoms with Crippen LogP contribution >= 0.6 is 11.6 Å². The molecule has 2 aromatic heterocycles. The van der Waals surface area contributed by atoms with Crippen LogP contribution in [0.5, 0.6) is 0 Å². The molecule has 2 heterocycles. The molecule has 13 heavy (non-hydrogen) atoms. The summed E-state index contributed by atoms with van der Waals surface area (Å²) in [5.41, 5.74) is 1.13. The molecule has 0 saturated carbocycles. The average molecular weight is 196 g/mol. The van der Waals surface area contributed by atoms with Crippen molar-refractivity contribution in [1.29, 1.82) is 0 Å². The Morgan fingerprint density at radius 2 is 2.31 bits per heavy atom. The zero-order valence-corrected chi connectivity index (χ0v) is 7.62. The molecule has 0 spiro atoms. The molecule has 2 aromatic rings. The number of fused-ring (bicyclic) bond motifs is 1. The van der Waals surface area contributed by atoms with Crippen LogP contribution in [0.2, 0.25) is 5.15 Å². The molecule has 0 N–H and O–H groups in total. The molecule has 0 unspecified atom stereocenters. The van der Waals surface area contributed by atoms with Gasteiger partial charge in [0.15, 0.2) is 11.4 Å². The van der Waals surface area contributed by atoms with Gasteiger partial charge in [-0.15, -0.1) is 10.2 Å². The number of aromatic nitrogens is 3. The third kappa shape index (κ3) is 1.29. The summed E-state index contributed by atoms with van der Waals surface area (Å²) in [6, 6.07) is 3.25. The zero-order valence-electron chi connectivity index (χ0n) is 6.86. The molecule has 0 amide bonds. The number of Topliss-reactive ketones (excluding diaryl/α,β-unsaturated/α-hetero) is 1. The molecule has 4 nitrogen and oxygen atoms in total. The van der Waals surface area contributed by atoms with Crippen LogP contribution < -0.4 is 0 Å². The Morgan fingerprint density at radius 3 is 3.00 bits per heavy atom. The number of halogens is 1. The lowest BCUT2D eigenvalue weighted by molar-refractivity contribution is 0.101. The third-order valence-electron chi connectivity index (χ3n) is 1.77. The fourth-order valence-corrected chi connectivity index (χ4v) is 1.34. The van der Waals surface area contributed by atoms with Gasteiger partial charge in [-0.3, -0.25) is 9.20 Å². The van der Waals surface area contributed by atoms with E-state index >= 15 is 0 Å². The lowest BCUT2D eigenvalue weighted by atomic mass is 10.2. The molecule has 0 aliphatic carbocycles. The molecule has 0 aliphatic rings. The van der Waals surface area contributed by atoms with Gasteiger partial charge < -0.3 is 0 Å². The van der Waals surface area contributed by atoms with E-state index in [2.05, 4.69) is 10.2 Å². The van der Waals surface area contributed by atoms with E-state index in [0.29, 0.717) is 16.4 Å². The highest BCUT2D eigenvalue weighted by Gasteiger charge is 2.05. The fraction of sp³-hybridized carbons (Fsp3) is 0.125. The second-order valence-corrected chi connectivity index (χ2v) is 3.07. The normalized spacial score (nSPS) is 10.6. The van der Waals surface area contributed by atoms with Gasteiger partial charge in [-0.2, -0.15) is 0 Å². The standard InChI is InChI=1S/C8H6ClN3O/c1-5(13)6-2-7(9)12-4-10-11-8(12)3-6/h2-4H,1H3. The minimum atomic E-state index is -0.0348. The number of hydrogen-bond acceptors (Lipinski definition) is 3. The molecule has 0 bridgehead atoms. The van der Waals surface area contributed by atoms with Gasteiger partial charge in [0.2, 0.25) is 0 Å². The number of nitrogens with zero attached hydrogens (tertiary/aromatic N) is 3. The predicted molar refractivity (Wildman–Crippen MR) is 48.0 cm³/mol. The molecule has 66 valence electrons. The van der Waals surface area contributed by atoms with E-state index in [0.717, 1.165) is 0 Å². The van der Waals surface area contributed by atoms with Crippen molar-refractivity contribution in [2.75, 3.05) is 0 Å². The second kappa shape index (κ2) is 2.81. The molecule has 0 fully saturated rings. The predicted octanol–water partition coefficient (Wildman–Crippen LogP) is 1.59. The fourth-order valence-electron chi connectivity index (χ4n) is 1.09. The Balaban J connectivity index is 2.77.